The molecule has 0 radical (unpaired) electrons. The van der Waals surface area contributed by atoms with Gasteiger partial charge < -0.3 is 10.2 Å². The van der Waals surface area contributed by atoms with Crippen LogP contribution >= 0.6 is 27.5 Å². The molecule has 0 aliphatic heterocycles. The van der Waals surface area contributed by atoms with E-state index in [0.717, 1.165) is 0 Å². The molecule has 0 saturated heterocycles. The molecule has 1 aromatic carbocycles. The zero-order valence-corrected chi connectivity index (χ0v) is 9.87. The molecule has 0 aliphatic rings. The molecule has 2 unspecified atom stereocenters. The van der Waals surface area contributed by atoms with Crippen LogP contribution in [-0.4, -0.2) is 15.2 Å². The lowest BCUT2D eigenvalue weighted by Gasteiger charge is -2.12. The van der Waals surface area contributed by atoms with Crippen LogP contribution in [0.2, 0.25) is 5.02 Å². The fourth-order valence-corrected chi connectivity index (χ4v) is 1.72. The highest BCUT2D eigenvalue weighted by Gasteiger charge is 2.11. The second kappa shape index (κ2) is 5.71. The summed E-state index contributed by atoms with van der Waals surface area (Å²) in [5.74, 6) is 0. The lowest BCUT2D eigenvalue weighted by molar-refractivity contribution is 0.146. The van der Waals surface area contributed by atoms with Gasteiger partial charge in [-0.25, -0.2) is 0 Å². The van der Waals surface area contributed by atoms with E-state index < -0.39 is 11.1 Å². The average Bonchev–Trinajstić information content (AvgIpc) is 2.15. The molecular weight excluding hydrogens is 267 g/mol. The van der Waals surface area contributed by atoms with Crippen LogP contribution < -0.4 is 0 Å². The van der Waals surface area contributed by atoms with Crippen molar-refractivity contribution in [1.29, 1.82) is 0 Å². The molecule has 0 fully saturated rings. The molecule has 0 saturated carbocycles. The quantitative estimate of drug-likeness (QED) is 0.832. The highest BCUT2D eigenvalue weighted by atomic mass is 79.9. The van der Waals surface area contributed by atoms with E-state index in [0.29, 0.717) is 23.4 Å². The van der Waals surface area contributed by atoms with Crippen LogP contribution in [0.3, 0.4) is 0 Å². The molecule has 2 N–H and O–H groups in total. The molecule has 0 aliphatic carbocycles. The fraction of sp³-hybridized carbons (Fsp3) is 0.400. The Morgan fingerprint density at radius 2 is 1.86 bits per heavy atom. The van der Waals surface area contributed by atoms with Crippen molar-refractivity contribution < 1.29 is 10.2 Å². The summed E-state index contributed by atoms with van der Waals surface area (Å²) in [6, 6.07) is 7.17. The van der Waals surface area contributed by atoms with Gasteiger partial charge in [-0.3, -0.25) is 0 Å². The van der Waals surface area contributed by atoms with Gasteiger partial charge in [0.1, 0.15) is 5.01 Å². The largest absolute Gasteiger partial charge is 0.388 e. The highest BCUT2D eigenvalue weighted by molar-refractivity contribution is 9.09. The average molecular weight is 280 g/mol. The van der Waals surface area contributed by atoms with Gasteiger partial charge in [0.15, 0.2) is 0 Å². The van der Waals surface area contributed by atoms with E-state index in [4.69, 9.17) is 16.7 Å². The first-order valence-electron chi connectivity index (χ1n) is 4.36. The van der Waals surface area contributed by atoms with E-state index in [-0.39, 0.29) is 0 Å². The number of hydrogen-bond acceptors (Lipinski definition) is 2. The summed E-state index contributed by atoms with van der Waals surface area (Å²) < 4.78 is 0. The molecule has 2 nitrogen and oxygen atoms in total. The van der Waals surface area contributed by atoms with Gasteiger partial charge in [-0.15, -0.1) is 0 Å². The predicted octanol–water partition coefficient (Wildman–Crippen LogP) is 2.87. The molecule has 0 amide bonds. The van der Waals surface area contributed by atoms with Gasteiger partial charge in [-0.1, -0.05) is 45.7 Å². The van der Waals surface area contributed by atoms with Crippen LogP contribution in [0.15, 0.2) is 24.3 Å². The van der Waals surface area contributed by atoms with Crippen molar-refractivity contribution in [1.82, 2.24) is 0 Å². The Labute approximate surface area is 96.7 Å². The van der Waals surface area contributed by atoms with Crippen LogP contribution in [0.1, 0.15) is 24.5 Å². The summed E-state index contributed by atoms with van der Waals surface area (Å²) in [5.41, 5.74) is 0.710. The Bertz CT molecular complexity index is 291. The van der Waals surface area contributed by atoms with Gasteiger partial charge in [-0.05, 0) is 24.5 Å². The van der Waals surface area contributed by atoms with Crippen LogP contribution in [-0.2, 0) is 0 Å². The third-order valence-corrected chi connectivity index (χ3v) is 2.74. The highest BCUT2D eigenvalue weighted by Crippen LogP contribution is 2.26. The monoisotopic (exact) mass is 278 g/mol. The van der Waals surface area contributed by atoms with E-state index in [1.54, 1.807) is 12.1 Å². The van der Waals surface area contributed by atoms with Crippen LogP contribution in [0.25, 0.3) is 0 Å². The van der Waals surface area contributed by atoms with E-state index in [9.17, 15) is 5.11 Å². The number of aliphatic hydroxyl groups excluding tert-OH is 2. The minimum atomic E-state index is -0.615. The maximum atomic E-state index is 9.73. The van der Waals surface area contributed by atoms with Gasteiger partial charge in [-0.2, -0.15) is 0 Å². The number of aliphatic hydroxyl groups is 2. The Morgan fingerprint density at radius 3 is 2.43 bits per heavy atom. The zero-order valence-electron chi connectivity index (χ0n) is 7.53. The summed E-state index contributed by atoms with van der Waals surface area (Å²) in [7, 11) is 0. The summed E-state index contributed by atoms with van der Waals surface area (Å²) in [6.45, 7) is 0. The first kappa shape index (κ1) is 12.0. The van der Waals surface area contributed by atoms with Crippen molar-refractivity contribution in [2.75, 3.05) is 0 Å². The Kier molecular flexibility index (Phi) is 4.89. The lowest BCUT2D eigenvalue weighted by Crippen LogP contribution is -2.02. The topological polar surface area (TPSA) is 40.5 Å². The summed E-state index contributed by atoms with van der Waals surface area (Å²) in [4.78, 5) is 0. The fourth-order valence-electron chi connectivity index (χ4n) is 1.20. The Balaban J connectivity index is 2.60. The van der Waals surface area contributed by atoms with Crippen molar-refractivity contribution >= 4 is 27.5 Å². The molecule has 14 heavy (non-hydrogen) atoms. The third kappa shape index (κ3) is 3.58. The molecule has 0 spiro atoms. The van der Waals surface area contributed by atoms with Crippen molar-refractivity contribution in [2.45, 2.75) is 24.0 Å². The molecule has 1 aromatic rings. The maximum absolute atomic E-state index is 9.73. The van der Waals surface area contributed by atoms with Gasteiger partial charge in [0.25, 0.3) is 0 Å². The number of rotatable bonds is 4. The second-order valence-corrected chi connectivity index (χ2v) is 4.51. The molecule has 0 aromatic heterocycles. The molecule has 78 valence electrons. The summed E-state index contributed by atoms with van der Waals surface area (Å²) in [6.07, 6.45) is 0.360. The van der Waals surface area contributed by atoms with Crippen LogP contribution in [0.5, 0.6) is 0 Å². The molecule has 4 heteroatoms. The minimum Gasteiger partial charge on any atom is -0.388 e. The first-order valence-corrected chi connectivity index (χ1v) is 5.65. The second-order valence-electron chi connectivity index (χ2n) is 3.05. The normalized spacial score (nSPS) is 15.1. The van der Waals surface area contributed by atoms with Gasteiger partial charge in [0, 0.05) is 5.02 Å². The first-order chi connectivity index (χ1) is 6.61. The lowest BCUT2D eigenvalue weighted by atomic mass is 10.1. The van der Waals surface area contributed by atoms with Gasteiger partial charge in [0.05, 0.1) is 6.10 Å². The molecule has 1 rings (SSSR count). The van der Waals surface area contributed by atoms with Crippen molar-refractivity contribution in [3.63, 3.8) is 0 Å². The molecule has 0 heterocycles. The smallest absolute Gasteiger partial charge is 0.109 e. The summed E-state index contributed by atoms with van der Waals surface area (Å²) in [5, 5.41) is 18.7. The number of halogens is 2. The molecule has 0 bridgehead atoms. The van der Waals surface area contributed by atoms with E-state index in [1.165, 1.54) is 0 Å². The van der Waals surface area contributed by atoms with E-state index in [1.807, 2.05) is 12.1 Å². The zero-order chi connectivity index (χ0) is 10.6. The third-order valence-electron chi connectivity index (χ3n) is 1.94. The Morgan fingerprint density at radius 1 is 1.21 bits per heavy atom. The van der Waals surface area contributed by atoms with Crippen molar-refractivity contribution in [3.05, 3.63) is 34.9 Å². The summed E-state index contributed by atoms with van der Waals surface area (Å²) >= 11 is 8.91. The van der Waals surface area contributed by atoms with Crippen molar-refractivity contribution in [3.8, 4) is 0 Å². The number of benzene rings is 1. The van der Waals surface area contributed by atoms with Gasteiger partial charge >= 0.3 is 0 Å². The standard InChI is InChI=1S/C10H12BrClO2/c11-10(14)6-5-9(13)7-3-1-2-4-8(7)12/h1-4,9-10,13-14H,5-6H2. The van der Waals surface area contributed by atoms with Crippen molar-refractivity contribution in [2.24, 2.45) is 0 Å². The van der Waals surface area contributed by atoms with E-state index >= 15 is 0 Å². The van der Waals surface area contributed by atoms with Crippen LogP contribution in [0, 0.1) is 0 Å². The van der Waals surface area contributed by atoms with Gasteiger partial charge in [0.2, 0.25) is 0 Å². The predicted molar refractivity (Wildman–Crippen MR) is 60.6 cm³/mol. The SMILES string of the molecule is OC(Br)CCC(O)c1ccccc1Cl. The molecule has 2 atom stereocenters. The Hall–Kier alpha value is -0.0900. The van der Waals surface area contributed by atoms with E-state index in [2.05, 4.69) is 15.9 Å². The maximum Gasteiger partial charge on any atom is 0.109 e. The molecular formula is C10H12BrClO2. The minimum absolute atomic E-state index is 0.482. The van der Waals surface area contributed by atoms with Crippen LogP contribution in [0.4, 0.5) is 0 Å². The number of hydrogen-bond donors (Lipinski definition) is 2. The number of alkyl halides is 1.